The first kappa shape index (κ1) is 28.8. The molecule has 7 N–H and O–H groups in total. The topological polar surface area (TPSA) is 154 Å². The van der Waals surface area contributed by atoms with Gasteiger partial charge in [0.25, 0.3) is 0 Å². The minimum atomic E-state index is -1.42. The molecule has 0 aliphatic carbocycles. The fourth-order valence-corrected chi connectivity index (χ4v) is 4.81. The highest BCUT2D eigenvalue weighted by Gasteiger charge is 2.48. The van der Waals surface area contributed by atoms with Gasteiger partial charge < -0.3 is 36.0 Å². The average molecular weight is 461 g/mol. The summed E-state index contributed by atoms with van der Waals surface area (Å²) in [6.07, 6.45) is -1.50. The van der Waals surface area contributed by atoms with Crippen molar-refractivity contribution in [3.05, 3.63) is 0 Å². The normalized spacial score (nSPS) is 37.2. The van der Waals surface area contributed by atoms with Gasteiger partial charge in [0, 0.05) is 6.54 Å². The van der Waals surface area contributed by atoms with Crippen LogP contribution < -0.4 is 5.32 Å². The number of nitrogens with zero attached hydrogens (tertiary/aromatic N) is 1. The quantitative estimate of drug-likeness (QED) is 0.315. The van der Waals surface area contributed by atoms with Crippen molar-refractivity contribution in [2.24, 2.45) is 5.92 Å². The molecule has 2 fully saturated rings. The predicted octanol–water partition coefficient (Wildman–Crippen LogP) is -1.26. The summed E-state index contributed by atoms with van der Waals surface area (Å²) in [6.45, 7) is 4.48. The van der Waals surface area contributed by atoms with Crippen molar-refractivity contribution in [2.45, 2.75) is 81.1 Å². The van der Waals surface area contributed by atoms with Gasteiger partial charge in [-0.1, -0.05) is 13.3 Å². The van der Waals surface area contributed by atoms with Crippen molar-refractivity contribution >= 4 is 30.1 Å². The van der Waals surface area contributed by atoms with E-state index in [4.69, 9.17) is 4.74 Å². The Bertz CT molecular complexity index is 503. The Balaban J connectivity index is 0.00000392. The Kier molecular flexibility index (Phi) is 12.6. The summed E-state index contributed by atoms with van der Waals surface area (Å²) in [7, 11) is 1.91. The minimum absolute atomic E-state index is 0. The van der Waals surface area contributed by atoms with Crippen LogP contribution in [-0.2, 0) is 9.53 Å². The lowest BCUT2D eigenvalue weighted by molar-refractivity contribution is -0.211. The number of carbonyl (C=O) groups is 1. The van der Waals surface area contributed by atoms with E-state index in [1.807, 2.05) is 11.9 Å². The molecule has 0 spiro atoms. The maximum Gasteiger partial charge on any atom is 0.237 e. The number of carbonyl (C=O) groups excluding carboxylic acids is 1. The second-order valence-electron chi connectivity index (χ2n) is 7.80. The van der Waals surface area contributed by atoms with Crippen molar-refractivity contribution in [1.82, 2.24) is 10.2 Å². The van der Waals surface area contributed by atoms with E-state index >= 15 is 0 Å². The number of likely N-dealkylation sites (N-methyl/N-ethyl adjacent to an activating group) is 1. The zero-order chi connectivity index (χ0) is 20.3. The number of rotatable bonds is 7. The molecule has 1 amide bonds. The van der Waals surface area contributed by atoms with Gasteiger partial charge in [-0.3, -0.25) is 9.69 Å². The molecular formula is C18H37ClN2O7S. The number of hydrogen-bond acceptors (Lipinski definition) is 8. The Hall–Kier alpha value is -0.170. The number of aliphatic hydroxyl groups is 4. The molecule has 0 aromatic rings. The molecule has 0 radical (unpaired) electrons. The van der Waals surface area contributed by atoms with Crippen LogP contribution in [0.15, 0.2) is 0 Å². The number of ether oxygens (including phenoxy) is 1. The molecule has 2 rings (SSSR count). The van der Waals surface area contributed by atoms with Gasteiger partial charge in [-0.15, -0.1) is 24.2 Å². The van der Waals surface area contributed by atoms with Gasteiger partial charge in [0.15, 0.2) is 0 Å². The highest BCUT2D eigenvalue weighted by Crippen LogP contribution is 2.30. The Labute approximate surface area is 182 Å². The first-order valence-corrected chi connectivity index (χ1v) is 10.9. The van der Waals surface area contributed by atoms with E-state index in [2.05, 4.69) is 12.2 Å². The van der Waals surface area contributed by atoms with Gasteiger partial charge in [0.1, 0.15) is 29.9 Å². The molecule has 9 atom stereocenters. The van der Waals surface area contributed by atoms with Crippen molar-refractivity contribution in [1.29, 1.82) is 0 Å². The van der Waals surface area contributed by atoms with Crippen LogP contribution in [0.5, 0.6) is 0 Å². The maximum absolute atomic E-state index is 12.8. The zero-order valence-corrected chi connectivity index (χ0v) is 19.0. The van der Waals surface area contributed by atoms with Crippen LogP contribution >= 0.6 is 24.2 Å². The Morgan fingerprint density at radius 1 is 1.28 bits per heavy atom. The lowest BCUT2D eigenvalue weighted by Crippen LogP contribution is -2.65. The third kappa shape index (κ3) is 6.65. The van der Waals surface area contributed by atoms with Gasteiger partial charge in [0.05, 0.1) is 18.2 Å². The van der Waals surface area contributed by atoms with Crippen molar-refractivity contribution in [3.8, 4) is 0 Å². The van der Waals surface area contributed by atoms with Crippen LogP contribution in [0.2, 0.25) is 0 Å². The van der Waals surface area contributed by atoms with Crippen LogP contribution in [0.3, 0.4) is 0 Å². The molecule has 0 saturated carbocycles. The molecule has 2 saturated heterocycles. The van der Waals surface area contributed by atoms with E-state index in [1.54, 1.807) is 6.26 Å². The first-order valence-electron chi connectivity index (χ1n) is 9.62. The van der Waals surface area contributed by atoms with Crippen LogP contribution in [-0.4, -0.2) is 105 Å². The van der Waals surface area contributed by atoms with E-state index < -0.39 is 42.0 Å². The first-order chi connectivity index (χ1) is 12.7. The van der Waals surface area contributed by atoms with Crippen LogP contribution in [0, 0.1) is 5.92 Å². The minimum Gasteiger partial charge on any atom is -0.412 e. The standard InChI is InChI=1S/C18H34N2O6S.ClH.H2O/c1-5-6-10-7-11(20(3)8-10)17(25)19-12(9(2)21)16-14(23)13(22)15(24)18(26-16)27-4;;/h9-16,18,21-24H,5-8H2,1-4H3,(H,19,25);1H;1H2/t9?,10-,11+,12?,13+,14-,15+,16?,18?;;/m1../s1. The monoisotopic (exact) mass is 460 g/mol. The number of halogens is 1. The van der Waals surface area contributed by atoms with Crippen LogP contribution in [0.4, 0.5) is 0 Å². The molecule has 2 heterocycles. The number of nitrogens with one attached hydrogen (secondary N) is 1. The summed E-state index contributed by atoms with van der Waals surface area (Å²) < 4.78 is 5.72. The molecule has 0 bridgehead atoms. The van der Waals surface area contributed by atoms with Crippen molar-refractivity contribution in [3.63, 3.8) is 0 Å². The van der Waals surface area contributed by atoms with Gasteiger partial charge >= 0.3 is 0 Å². The van der Waals surface area contributed by atoms with Crippen LogP contribution in [0.25, 0.3) is 0 Å². The fraction of sp³-hybridized carbons (Fsp3) is 0.944. The summed E-state index contributed by atoms with van der Waals surface area (Å²) in [5, 5.41) is 43.5. The molecule has 9 nitrogen and oxygen atoms in total. The van der Waals surface area contributed by atoms with E-state index in [0.29, 0.717) is 5.92 Å². The zero-order valence-electron chi connectivity index (χ0n) is 17.4. The largest absolute Gasteiger partial charge is 0.412 e. The number of hydrogen-bond donors (Lipinski definition) is 5. The smallest absolute Gasteiger partial charge is 0.237 e. The third-order valence-corrected chi connectivity index (χ3v) is 6.51. The van der Waals surface area contributed by atoms with E-state index in [9.17, 15) is 25.2 Å². The highest BCUT2D eigenvalue weighted by molar-refractivity contribution is 7.99. The molecule has 0 aromatic heterocycles. The van der Waals surface area contributed by atoms with E-state index in [1.165, 1.54) is 18.7 Å². The molecule has 2 aliphatic heterocycles. The van der Waals surface area contributed by atoms with E-state index in [0.717, 1.165) is 25.8 Å². The molecule has 2 aliphatic rings. The molecule has 0 aromatic carbocycles. The van der Waals surface area contributed by atoms with Gasteiger partial charge in [0.2, 0.25) is 5.91 Å². The van der Waals surface area contributed by atoms with Gasteiger partial charge in [-0.05, 0) is 39.0 Å². The SMILES string of the molecule is CCC[C@@H]1C[C@@H](C(=O)NC(C(C)O)C2OC(SC)[C@@H](O)[C@@H](O)[C@H]2O)N(C)C1.Cl.O. The van der Waals surface area contributed by atoms with Crippen molar-refractivity contribution in [2.75, 3.05) is 19.8 Å². The summed E-state index contributed by atoms with van der Waals surface area (Å²) in [5.41, 5.74) is -0.755. The summed E-state index contributed by atoms with van der Waals surface area (Å²) in [6, 6.07) is -1.20. The molecule has 29 heavy (non-hydrogen) atoms. The predicted molar refractivity (Wildman–Crippen MR) is 114 cm³/mol. The highest BCUT2D eigenvalue weighted by atomic mass is 35.5. The number of aliphatic hydroxyl groups excluding tert-OH is 4. The van der Waals surface area contributed by atoms with Gasteiger partial charge in [-0.25, -0.2) is 0 Å². The van der Waals surface area contributed by atoms with E-state index in [-0.39, 0.29) is 29.8 Å². The molecule has 11 heteroatoms. The third-order valence-electron chi connectivity index (χ3n) is 5.66. The Morgan fingerprint density at radius 3 is 2.41 bits per heavy atom. The lowest BCUT2D eigenvalue weighted by atomic mass is 9.92. The summed E-state index contributed by atoms with van der Waals surface area (Å²) in [4.78, 5) is 14.9. The Morgan fingerprint density at radius 2 is 1.90 bits per heavy atom. The average Bonchev–Trinajstić information content (AvgIpc) is 2.99. The second kappa shape index (κ2) is 12.6. The number of thioether (sulfide) groups is 1. The maximum atomic E-state index is 12.8. The summed E-state index contributed by atoms with van der Waals surface area (Å²) >= 11 is 1.20. The molecular weight excluding hydrogens is 424 g/mol. The molecule has 174 valence electrons. The van der Waals surface area contributed by atoms with Crippen LogP contribution in [0.1, 0.15) is 33.1 Å². The molecule has 4 unspecified atom stereocenters. The van der Waals surface area contributed by atoms with Crippen molar-refractivity contribution < 1.29 is 35.4 Å². The van der Waals surface area contributed by atoms with Gasteiger partial charge in [-0.2, -0.15) is 0 Å². The summed E-state index contributed by atoms with van der Waals surface area (Å²) in [5.74, 6) is 0.245. The number of amides is 1. The number of likely N-dealkylation sites (tertiary alicyclic amines) is 1. The second-order valence-corrected chi connectivity index (χ2v) is 8.73. The lowest BCUT2D eigenvalue weighted by Gasteiger charge is -2.44. The fourth-order valence-electron chi connectivity index (χ4n) is 4.13.